The first-order valence-corrected chi connectivity index (χ1v) is 4.87. The lowest BCUT2D eigenvalue weighted by Crippen LogP contribution is -2.42. The maximum atomic E-state index is 11.4. The van der Waals surface area contributed by atoms with Gasteiger partial charge in [-0.3, -0.25) is 20.4 Å². The molecule has 16 heavy (non-hydrogen) atoms. The first-order valence-electron chi connectivity index (χ1n) is 4.33. The average Bonchev–Trinajstić information content (AvgIpc) is 2.35. The maximum Gasteiger partial charge on any atom is 0.288 e. The first kappa shape index (κ1) is 12.3. The van der Waals surface area contributed by atoms with Crippen molar-refractivity contribution in [2.45, 2.75) is 0 Å². The van der Waals surface area contributed by atoms with E-state index in [0.29, 0.717) is 5.88 Å². The second-order valence-corrected chi connectivity index (χ2v) is 2.97. The zero-order valence-electron chi connectivity index (χ0n) is 8.49. The van der Waals surface area contributed by atoms with Gasteiger partial charge in [0.2, 0.25) is 5.88 Å². The highest BCUT2D eigenvalue weighted by molar-refractivity contribution is 6.27. The molecule has 0 fully saturated rings. The fourth-order valence-corrected chi connectivity index (χ4v) is 0.946. The van der Waals surface area contributed by atoms with Gasteiger partial charge in [-0.05, 0) is 6.07 Å². The summed E-state index contributed by atoms with van der Waals surface area (Å²) in [6.45, 7) is 0. The Hall–Kier alpha value is -1.82. The van der Waals surface area contributed by atoms with Gasteiger partial charge >= 0.3 is 0 Å². The Morgan fingerprint density at radius 1 is 1.44 bits per heavy atom. The molecule has 1 heterocycles. The van der Waals surface area contributed by atoms with Crippen LogP contribution in [-0.2, 0) is 4.79 Å². The highest BCUT2D eigenvalue weighted by Gasteiger charge is 2.08. The lowest BCUT2D eigenvalue weighted by molar-refractivity contribution is -0.119. The molecule has 0 aromatic carbocycles. The summed E-state index contributed by atoms with van der Waals surface area (Å²) in [5.74, 6) is -0.960. The van der Waals surface area contributed by atoms with E-state index in [2.05, 4.69) is 15.8 Å². The Kier molecular flexibility index (Phi) is 4.53. The molecule has 0 radical (unpaired) electrons. The Labute approximate surface area is 96.9 Å². The van der Waals surface area contributed by atoms with Gasteiger partial charge in [0.15, 0.2) is 0 Å². The number of rotatable bonds is 3. The zero-order chi connectivity index (χ0) is 12.0. The predicted octanol–water partition coefficient (Wildman–Crippen LogP) is 0.0900. The number of amides is 2. The van der Waals surface area contributed by atoms with E-state index in [9.17, 15) is 9.59 Å². The normalized spacial score (nSPS) is 9.38. The number of nitrogens with zero attached hydrogens (tertiary/aromatic N) is 1. The van der Waals surface area contributed by atoms with Crippen LogP contribution in [0.4, 0.5) is 0 Å². The molecule has 0 saturated carbocycles. The van der Waals surface area contributed by atoms with Crippen molar-refractivity contribution >= 4 is 23.4 Å². The lowest BCUT2D eigenvalue weighted by Gasteiger charge is -2.05. The summed E-state index contributed by atoms with van der Waals surface area (Å²) in [5, 5.41) is 0. The molecule has 0 saturated heterocycles. The molecular formula is C9H10ClN3O3. The van der Waals surface area contributed by atoms with Crippen molar-refractivity contribution in [1.82, 2.24) is 15.8 Å². The van der Waals surface area contributed by atoms with Gasteiger partial charge in [-0.25, -0.2) is 4.98 Å². The van der Waals surface area contributed by atoms with Crippen LogP contribution in [0.2, 0.25) is 0 Å². The van der Waals surface area contributed by atoms with Crippen LogP contribution in [0.5, 0.6) is 5.88 Å². The van der Waals surface area contributed by atoms with Crippen molar-refractivity contribution in [2.75, 3.05) is 13.0 Å². The van der Waals surface area contributed by atoms with Crippen LogP contribution in [0.25, 0.3) is 0 Å². The molecule has 2 N–H and O–H groups in total. The fourth-order valence-electron chi connectivity index (χ4n) is 0.879. The summed E-state index contributed by atoms with van der Waals surface area (Å²) in [4.78, 5) is 26.1. The summed E-state index contributed by atoms with van der Waals surface area (Å²) in [7, 11) is 1.44. The zero-order valence-corrected chi connectivity index (χ0v) is 9.25. The van der Waals surface area contributed by atoms with E-state index in [0.717, 1.165) is 0 Å². The standard InChI is InChI=1S/C9H10ClN3O3/c1-16-8-4-2-3-6(11-8)9(15)13-12-7(14)5-10/h2-4H,5H2,1H3,(H,12,14)(H,13,15). The largest absolute Gasteiger partial charge is 0.481 e. The summed E-state index contributed by atoms with van der Waals surface area (Å²) in [5.41, 5.74) is 4.41. The van der Waals surface area contributed by atoms with Crippen LogP contribution in [-0.4, -0.2) is 29.8 Å². The monoisotopic (exact) mass is 243 g/mol. The fraction of sp³-hybridized carbons (Fsp3) is 0.222. The number of carbonyl (C=O) groups is 2. The molecule has 0 aliphatic heterocycles. The summed E-state index contributed by atoms with van der Waals surface area (Å²) in [6, 6.07) is 4.71. The number of aromatic nitrogens is 1. The van der Waals surface area contributed by atoms with Crippen LogP contribution in [0.3, 0.4) is 0 Å². The molecule has 1 aromatic rings. The van der Waals surface area contributed by atoms with Gasteiger partial charge in [0, 0.05) is 6.07 Å². The van der Waals surface area contributed by atoms with Gasteiger partial charge < -0.3 is 4.74 Å². The maximum absolute atomic E-state index is 11.4. The summed E-state index contributed by atoms with van der Waals surface area (Å²) in [6.07, 6.45) is 0. The van der Waals surface area contributed by atoms with Crippen molar-refractivity contribution < 1.29 is 14.3 Å². The van der Waals surface area contributed by atoms with Gasteiger partial charge in [-0.1, -0.05) is 6.07 Å². The Morgan fingerprint density at radius 3 is 2.81 bits per heavy atom. The van der Waals surface area contributed by atoms with Crippen molar-refractivity contribution in [3.8, 4) is 5.88 Å². The molecular weight excluding hydrogens is 234 g/mol. The number of nitrogens with one attached hydrogen (secondary N) is 2. The predicted molar refractivity (Wildman–Crippen MR) is 57.1 cm³/mol. The number of hydrogen-bond acceptors (Lipinski definition) is 4. The van der Waals surface area contributed by atoms with Crippen LogP contribution < -0.4 is 15.6 Å². The molecule has 1 aromatic heterocycles. The van der Waals surface area contributed by atoms with Crippen molar-refractivity contribution in [2.24, 2.45) is 0 Å². The lowest BCUT2D eigenvalue weighted by atomic mass is 10.3. The minimum Gasteiger partial charge on any atom is -0.481 e. The molecule has 0 aliphatic rings. The van der Waals surface area contributed by atoms with E-state index in [1.165, 1.54) is 13.2 Å². The number of hydrazine groups is 1. The molecule has 0 atom stereocenters. The van der Waals surface area contributed by atoms with Crippen LogP contribution >= 0.6 is 11.6 Å². The van der Waals surface area contributed by atoms with E-state index in [-0.39, 0.29) is 11.6 Å². The third kappa shape index (κ3) is 3.39. The molecule has 7 heteroatoms. The number of alkyl halides is 1. The quantitative estimate of drug-likeness (QED) is 0.582. The minimum atomic E-state index is -0.544. The van der Waals surface area contributed by atoms with E-state index < -0.39 is 11.8 Å². The van der Waals surface area contributed by atoms with Gasteiger partial charge in [0.25, 0.3) is 11.8 Å². The summed E-state index contributed by atoms with van der Waals surface area (Å²) < 4.78 is 4.85. The van der Waals surface area contributed by atoms with Crippen molar-refractivity contribution in [1.29, 1.82) is 0 Å². The number of carbonyl (C=O) groups excluding carboxylic acids is 2. The molecule has 0 aliphatic carbocycles. The van der Waals surface area contributed by atoms with Crippen LogP contribution in [0.1, 0.15) is 10.5 Å². The topological polar surface area (TPSA) is 80.3 Å². The SMILES string of the molecule is COc1cccc(C(=O)NNC(=O)CCl)n1. The number of hydrogen-bond donors (Lipinski definition) is 2. The smallest absolute Gasteiger partial charge is 0.288 e. The summed E-state index contributed by atoms with van der Waals surface area (Å²) >= 11 is 5.23. The van der Waals surface area contributed by atoms with Crippen LogP contribution in [0, 0.1) is 0 Å². The second-order valence-electron chi connectivity index (χ2n) is 2.70. The van der Waals surface area contributed by atoms with Crippen molar-refractivity contribution in [3.63, 3.8) is 0 Å². The van der Waals surface area contributed by atoms with E-state index in [4.69, 9.17) is 16.3 Å². The Balaban J connectivity index is 2.62. The molecule has 0 unspecified atom stereocenters. The molecule has 2 amide bonds. The van der Waals surface area contributed by atoms with Gasteiger partial charge in [0.1, 0.15) is 11.6 Å². The molecule has 0 bridgehead atoms. The second kappa shape index (κ2) is 5.92. The van der Waals surface area contributed by atoms with Gasteiger partial charge in [0.05, 0.1) is 7.11 Å². The average molecular weight is 244 g/mol. The van der Waals surface area contributed by atoms with E-state index in [1.54, 1.807) is 12.1 Å². The molecule has 6 nitrogen and oxygen atoms in total. The molecule has 0 spiro atoms. The van der Waals surface area contributed by atoms with E-state index >= 15 is 0 Å². The molecule has 1 rings (SSSR count). The Morgan fingerprint density at radius 2 is 2.19 bits per heavy atom. The highest BCUT2D eigenvalue weighted by atomic mass is 35.5. The minimum absolute atomic E-state index is 0.134. The Bertz CT molecular complexity index is 397. The first-order chi connectivity index (χ1) is 7.67. The van der Waals surface area contributed by atoms with Crippen LogP contribution in [0.15, 0.2) is 18.2 Å². The number of halogens is 1. The van der Waals surface area contributed by atoms with Gasteiger partial charge in [-0.2, -0.15) is 0 Å². The van der Waals surface area contributed by atoms with Gasteiger partial charge in [-0.15, -0.1) is 11.6 Å². The third-order valence-corrected chi connectivity index (χ3v) is 1.84. The number of ether oxygens (including phenoxy) is 1. The highest BCUT2D eigenvalue weighted by Crippen LogP contribution is 2.05. The van der Waals surface area contributed by atoms with E-state index in [1.807, 2.05) is 0 Å². The third-order valence-electron chi connectivity index (χ3n) is 1.60. The molecule has 86 valence electrons. The number of methoxy groups -OCH3 is 1. The number of pyridine rings is 1. The van der Waals surface area contributed by atoms with Crippen molar-refractivity contribution in [3.05, 3.63) is 23.9 Å².